The summed E-state index contributed by atoms with van der Waals surface area (Å²) in [5.74, 6) is 1.08. The summed E-state index contributed by atoms with van der Waals surface area (Å²) in [5.41, 5.74) is 0. The van der Waals surface area contributed by atoms with Crippen LogP contribution in [0.2, 0.25) is 5.28 Å². The van der Waals surface area contributed by atoms with E-state index in [9.17, 15) is 0 Å². The lowest BCUT2D eigenvalue weighted by atomic mass is 10.4. The van der Waals surface area contributed by atoms with Gasteiger partial charge in [0.15, 0.2) is 0 Å². The van der Waals surface area contributed by atoms with Crippen LogP contribution in [0.3, 0.4) is 0 Å². The first-order chi connectivity index (χ1) is 7.99. The third kappa shape index (κ3) is 5.14. The van der Waals surface area contributed by atoms with E-state index in [1.807, 2.05) is 28.2 Å². The zero-order valence-corrected chi connectivity index (χ0v) is 11.5. The van der Waals surface area contributed by atoms with Crippen molar-refractivity contribution >= 4 is 23.5 Å². The number of halogens is 1. The lowest BCUT2D eigenvalue weighted by molar-refractivity contribution is 0.405. The standard InChI is InChI=1S/C10H19ClN6/c1-16(2)7-5-6-12-9-13-8(11)14-10(15-9)17(3)4/h5-7H2,1-4H3,(H,12,13,14,15). The van der Waals surface area contributed by atoms with Gasteiger partial charge in [0.05, 0.1) is 0 Å². The van der Waals surface area contributed by atoms with Crippen LogP contribution in [-0.4, -0.2) is 61.1 Å². The van der Waals surface area contributed by atoms with Crippen LogP contribution in [0.1, 0.15) is 6.42 Å². The van der Waals surface area contributed by atoms with Gasteiger partial charge in [-0.25, -0.2) is 0 Å². The Morgan fingerprint density at radius 3 is 2.41 bits per heavy atom. The molecule has 96 valence electrons. The molecule has 1 aromatic rings. The van der Waals surface area contributed by atoms with Crippen molar-refractivity contribution in [3.8, 4) is 0 Å². The Kier molecular flexibility index (Phi) is 5.37. The van der Waals surface area contributed by atoms with Crippen molar-refractivity contribution in [3.05, 3.63) is 5.28 Å². The fraction of sp³-hybridized carbons (Fsp3) is 0.700. The van der Waals surface area contributed by atoms with E-state index in [0.29, 0.717) is 11.9 Å². The first kappa shape index (κ1) is 13.9. The van der Waals surface area contributed by atoms with E-state index >= 15 is 0 Å². The Bertz CT molecular complexity index is 355. The molecule has 0 fully saturated rings. The van der Waals surface area contributed by atoms with Crippen molar-refractivity contribution in [1.29, 1.82) is 0 Å². The molecule has 0 radical (unpaired) electrons. The van der Waals surface area contributed by atoms with Crippen LogP contribution in [0.5, 0.6) is 0 Å². The molecule has 6 nitrogen and oxygen atoms in total. The summed E-state index contributed by atoms with van der Waals surface area (Å²) in [7, 11) is 7.82. The van der Waals surface area contributed by atoms with Crippen molar-refractivity contribution in [2.45, 2.75) is 6.42 Å². The van der Waals surface area contributed by atoms with E-state index in [1.165, 1.54) is 0 Å². The molecule has 0 atom stereocenters. The molecule has 0 unspecified atom stereocenters. The summed E-state index contributed by atoms with van der Waals surface area (Å²) in [5, 5.41) is 3.34. The average Bonchev–Trinajstić information content (AvgIpc) is 2.23. The second-order valence-corrected chi connectivity index (χ2v) is 4.54. The van der Waals surface area contributed by atoms with Gasteiger partial charge in [-0.15, -0.1) is 0 Å². The number of nitrogens with one attached hydrogen (secondary N) is 1. The van der Waals surface area contributed by atoms with Gasteiger partial charge in [-0.3, -0.25) is 0 Å². The average molecular weight is 259 g/mol. The molecule has 1 aromatic heterocycles. The predicted molar refractivity (Wildman–Crippen MR) is 70.8 cm³/mol. The quantitative estimate of drug-likeness (QED) is 0.767. The molecule has 0 bridgehead atoms. The van der Waals surface area contributed by atoms with E-state index in [-0.39, 0.29) is 5.28 Å². The molecule has 17 heavy (non-hydrogen) atoms. The Hall–Kier alpha value is -1.14. The fourth-order valence-corrected chi connectivity index (χ4v) is 1.37. The highest BCUT2D eigenvalue weighted by Crippen LogP contribution is 2.11. The molecule has 0 aliphatic rings. The normalized spacial score (nSPS) is 10.7. The maximum Gasteiger partial charge on any atom is 0.230 e. The summed E-state index contributed by atoms with van der Waals surface area (Å²) in [6.45, 7) is 1.83. The summed E-state index contributed by atoms with van der Waals surface area (Å²) in [4.78, 5) is 16.2. The first-order valence-electron chi connectivity index (χ1n) is 5.46. The number of hydrogen-bond donors (Lipinski definition) is 1. The van der Waals surface area contributed by atoms with E-state index in [2.05, 4.69) is 25.2 Å². The highest BCUT2D eigenvalue weighted by molar-refractivity contribution is 6.28. The molecule has 0 saturated carbocycles. The molecule has 0 saturated heterocycles. The highest BCUT2D eigenvalue weighted by Gasteiger charge is 2.05. The fourth-order valence-electron chi connectivity index (χ4n) is 1.21. The molecular weight excluding hydrogens is 240 g/mol. The van der Waals surface area contributed by atoms with Gasteiger partial charge < -0.3 is 15.1 Å². The van der Waals surface area contributed by atoms with Crippen LogP contribution in [-0.2, 0) is 0 Å². The second-order valence-electron chi connectivity index (χ2n) is 4.21. The molecule has 1 rings (SSSR count). The summed E-state index contributed by atoms with van der Waals surface area (Å²) < 4.78 is 0. The van der Waals surface area contributed by atoms with Gasteiger partial charge in [0.2, 0.25) is 17.2 Å². The zero-order chi connectivity index (χ0) is 12.8. The minimum Gasteiger partial charge on any atom is -0.354 e. The van der Waals surface area contributed by atoms with Gasteiger partial charge in [-0.2, -0.15) is 15.0 Å². The predicted octanol–water partition coefficient (Wildman–Crippen LogP) is 0.955. The minimum absolute atomic E-state index is 0.207. The van der Waals surface area contributed by atoms with Gasteiger partial charge in [0.1, 0.15) is 0 Å². The minimum atomic E-state index is 0.207. The van der Waals surface area contributed by atoms with Crippen molar-refractivity contribution in [1.82, 2.24) is 19.9 Å². The Balaban J connectivity index is 2.53. The van der Waals surface area contributed by atoms with Crippen molar-refractivity contribution in [2.24, 2.45) is 0 Å². The lowest BCUT2D eigenvalue weighted by Crippen LogP contribution is -2.18. The topological polar surface area (TPSA) is 57.2 Å². The molecule has 0 spiro atoms. The SMILES string of the molecule is CN(C)CCCNc1nc(Cl)nc(N(C)C)n1. The molecule has 1 N–H and O–H groups in total. The first-order valence-corrected chi connectivity index (χ1v) is 5.84. The van der Waals surface area contributed by atoms with E-state index in [4.69, 9.17) is 11.6 Å². The van der Waals surface area contributed by atoms with Crippen LogP contribution in [0.4, 0.5) is 11.9 Å². The molecule has 0 aliphatic carbocycles. The number of anilines is 2. The maximum atomic E-state index is 5.82. The monoisotopic (exact) mass is 258 g/mol. The van der Waals surface area contributed by atoms with Crippen LogP contribution in [0.15, 0.2) is 0 Å². The third-order valence-corrected chi connectivity index (χ3v) is 2.23. The van der Waals surface area contributed by atoms with Crippen LogP contribution < -0.4 is 10.2 Å². The van der Waals surface area contributed by atoms with E-state index in [1.54, 1.807) is 4.90 Å². The number of rotatable bonds is 6. The van der Waals surface area contributed by atoms with E-state index in [0.717, 1.165) is 19.5 Å². The van der Waals surface area contributed by atoms with Crippen molar-refractivity contribution in [3.63, 3.8) is 0 Å². The van der Waals surface area contributed by atoms with Gasteiger partial charge in [0.25, 0.3) is 0 Å². The third-order valence-electron chi connectivity index (χ3n) is 2.06. The number of nitrogens with zero attached hydrogens (tertiary/aromatic N) is 5. The Morgan fingerprint density at radius 2 is 1.82 bits per heavy atom. The lowest BCUT2D eigenvalue weighted by Gasteiger charge is -2.12. The smallest absolute Gasteiger partial charge is 0.230 e. The molecule has 0 amide bonds. The largest absolute Gasteiger partial charge is 0.354 e. The number of aromatic nitrogens is 3. The number of hydrogen-bond acceptors (Lipinski definition) is 6. The van der Waals surface area contributed by atoms with Crippen molar-refractivity contribution in [2.75, 3.05) is 51.5 Å². The van der Waals surface area contributed by atoms with Gasteiger partial charge in [0, 0.05) is 20.6 Å². The van der Waals surface area contributed by atoms with Crippen LogP contribution in [0.25, 0.3) is 0 Å². The molecule has 7 heteroatoms. The molecule has 1 heterocycles. The van der Waals surface area contributed by atoms with Gasteiger partial charge >= 0.3 is 0 Å². The summed E-state index contributed by atoms with van der Waals surface area (Å²) >= 11 is 5.82. The molecular formula is C10H19ClN6. The summed E-state index contributed by atoms with van der Waals surface area (Å²) in [6, 6.07) is 0. The van der Waals surface area contributed by atoms with E-state index < -0.39 is 0 Å². The van der Waals surface area contributed by atoms with Gasteiger partial charge in [-0.1, -0.05) is 0 Å². The van der Waals surface area contributed by atoms with Crippen LogP contribution in [0, 0.1) is 0 Å². The van der Waals surface area contributed by atoms with Gasteiger partial charge in [-0.05, 0) is 38.7 Å². The summed E-state index contributed by atoms with van der Waals surface area (Å²) in [6.07, 6.45) is 1.02. The molecule has 0 aliphatic heterocycles. The van der Waals surface area contributed by atoms with Crippen LogP contribution >= 0.6 is 11.6 Å². The Morgan fingerprint density at radius 1 is 1.12 bits per heavy atom. The molecule has 0 aromatic carbocycles. The Labute approximate surface area is 107 Å². The highest BCUT2D eigenvalue weighted by atomic mass is 35.5. The van der Waals surface area contributed by atoms with Crippen molar-refractivity contribution < 1.29 is 0 Å². The zero-order valence-electron chi connectivity index (χ0n) is 10.7. The second kappa shape index (κ2) is 6.56. The maximum absolute atomic E-state index is 5.82.